The Morgan fingerprint density at radius 3 is 2.55 bits per heavy atom. The summed E-state index contributed by atoms with van der Waals surface area (Å²) in [6, 6.07) is 15.0. The van der Waals surface area contributed by atoms with Crippen molar-refractivity contribution in [2.24, 2.45) is 5.92 Å². The lowest BCUT2D eigenvalue weighted by molar-refractivity contribution is -0.112. The van der Waals surface area contributed by atoms with E-state index >= 15 is 0 Å². The number of carbonyl (C=O) groups excluding carboxylic acids is 1. The largest absolute Gasteiger partial charge is 0.489 e. The summed E-state index contributed by atoms with van der Waals surface area (Å²) in [4.78, 5) is 12.4. The molecule has 1 aromatic heterocycles. The zero-order valence-corrected chi connectivity index (χ0v) is 17.9. The molecule has 0 aliphatic carbocycles. The zero-order valence-electron chi connectivity index (χ0n) is 17.1. The van der Waals surface area contributed by atoms with Crippen LogP contribution in [0.2, 0.25) is 0 Å². The van der Waals surface area contributed by atoms with Gasteiger partial charge in [-0.25, -0.2) is 4.39 Å². The molecule has 0 saturated carbocycles. The summed E-state index contributed by atoms with van der Waals surface area (Å²) in [7, 11) is 0. The van der Waals surface area contributed by atoms with Crippen molar-refractivity contribution in [1.29, 1.82) is 5.26 Å². The van der Waals surface area contributed by atoms with Crippen LogP contribution in [0, 0.1) is 23.1 Å². The van der Waals surface area contributed by atoms with Gasteiger partial charge in [0.2, 0.25) is 5.13 Å². The Morgan fingerprint density at radius 2 is 1.90 bits per heavy atom. The minimum absolute atomic E-state index is 0.0411. The van der Waals surface area contributed by atoms with E-state index in [9.17, 15) is 14.4 Å². The minimum Gasteiger partial charge on any atom is -0.489 e. The van der Waals surface area contributed by atoms with Crippen LogP contribution in [-0.4, -0.2) is 16.1 Å². The number of nitrogens with one attached hydrogen (secondary N) is 1. The van der Waals surface area contributed by atoms with Crippen molar-refractivity contribution in [2.75, 3.05) is 5.32 Å². The van der Waals surface area contributed by atoms with Crippen molar-refractivity contribution in [3.05, 3.63) is 76.1 Å². The van der Waals surface area contributed by atoms with Crippen LogP contribution in [0.25, 0.3) is 6.08 Å². The molecule has 0 fully saturated rings. The number of carbonyl (C=O) groups is 1. The standard InChI is InChI=1S/C23H21FN4O2S/c1-15(2)11-21-27-28-23(31-21)26-22(29)18(13-25)12-16-5-9-20(10-6-16)30-14-17-3-7-19(24)8-4-17/h3-10,12,15H,11,14H2,1-2H3,(H,26,28,29)/b18-12-. The van der Waals surface area contributed by atoms with Gasteiger partial charge in [0.25, 0.3) is 5.91 Å². The van der Waals surface area contributed by atoms with Gasteiger partial charge >= 0.3 is 0 Å². The van der Waals surface area contributed by atoms with Gasteiger partial charge in [0.1, 0.15) is 34.8 Å². The molecule has 1 amide bonds. The average Bonchev–Trinajstić information content (AvgIpc) is 3.18. The molecule has 0 saturated heterocycles. The molecular formula is C23H21FN4O2S. The van der Waals surface area contributed by atoms with Crippen molar-refractivity contribution in [3.8, 4) is 11.8 Å². The lowest BCUT2D eigenvalue weighted by Crippen LogP contribution is -2.13. The second-order valence-electron chi connectivity index (χ2n) is 7.21. The first kappa shape index (κ1) is 22.1. The molecule has 1 N–H and O–H groups in total. The zero-order chi connectivity index (χ0) is 22.2. The second-order valence-corrected chi connectivity index (χ2v) is 8.27. The first-order chi connectivity index (χ1) is 14.9. The SMILES string of the molecule is CC(C)Cc1nnc(NC(=O)/C(C#N)=C\c2ccc(OCc3ccc(F)cc3)cc2)s1. The monoisotopic (exact) mass is 436 g/mol. The second kappa shape index (κ2) is 10.5. The van der Waals surface area contributed by atoms with Gasteiger partial charge in [0.15, 0.2) is 0 Å². The lowest BCUT2D eigenvalue weighted by atomic mass is 10.1. The molecule has 0 spiro atoms. The smallest absolute Gasteiger partial charge is 0.268 e. The number of rotatable bonds is 8. The molecule has 0 aliphatic heterocycles. The summed E-state index contributed by atoms with van der Waals surface area (Å²) in [5.74, 6) is 0.232. The molecule has 0 atom stereocenters. The third kappa shape index (κ3) is 6.73. The predicted molar refractivity (Wildman–Crippen MR) is 118 cm³/mol. The van der Waals surface area contributed by atoms with Crippen molar-refractivity contribution in [1.82, 2.24) is 10.2 Å². The van der Waals surface area contributed by atoms with Gasteiger partial charge in [-0.3, -0.25) is 10.1 Å². The van der Waals surface area contributed by atoms with Crippen LogP contribution in [-0.2, 0) is 17.8 Å². The van der Waals surface area contributed by atoms with E-state index in [4.69, 9.17) is 4.74 Å². The van der Waals surface area contributed by atoms with Gasteiger partial charge < -0.3 is 4.74 Å². The Balaban J connectivity index is 1.60. The van der Waals surface area contributed by atoms with Gasteiger partial charge in [-0.15, -0.1) is 10.2 Å². The van der Waals surface area contributed by atoms with Gasteiger partial charge in [-0.05, 0) is 47.4 Å². The topological polar surface area (TPSA) is 87.9 Å². The Morgan fingerprint density at radius 1 is 1.19 bits per heavy atom. The molecule has 0 radical (unpaired) electrons. The van der Waals surface area contributed by atoms with Gasteiger partial charge in [0.05, 0.1) is 0 Å². The average molecular weight is 437 g/mol. The molecule has 3 aromatic rings. The number of anilines is 1. The van der Waals surface area contributed by atoms with E-state index in [-0.39, 0.29) is 11.4 Å². The van der Waals surface area contributed by atoms with E-state index < -0.39 is 5.91 Å². The fourth-order valence-electron chi connectivity index (χ4n) is 2.62. The van der Waals surface area contributed by atoms with Gasteiger partial charge in [0, 0.05) is 6.42 Å². The summed E-state index contributed by atoms with van der Waals surface area (Å²) in [6.07, 6.45) is 2.28. The van der Waals surface area contributed by atoms with E-state index in [1.54, 1.807) is 36.4 Å². The molecule has 31 heavy (non-hydrogen) atoms. The van der Waals surface area contributed by atoms with Crippen LogP contribution in [0.3, 0.4) is 0 Å². The molecule has 6 nitrogen and oxygen atoms in total. The highest BCUT2D eigenvalue weighted by atomic mass is 32.1. The summed E-state index contributed by atoms with van der Waals surface area (Å²) in [5, 5.41) is 21.2. The highest BCUT2D eigenvalue weighted by Crippen LogP contribution is 2.20. The summed E-state index contributed by atoms with van der Waals surface area (Å²) < 4.78 is 18.6. The van der Waals surface area contributed by atoms with Gasteiger partial charge in [-0.2, -0.15) is 5.26 Å². The van der Waals surface area contributed by atoms with Crippen molar-refractivity contribution >= 4 is 28.5 Å². The molecule has 3 rings (SSSR count). The first-order valence-electron chi connectivity index (χ1n) is 9.66. The minimum atomic E-state index is -0.536. The predicted octanol–water partition coefficient (Wildman–Crippen LogP) is 5.00. The Kier molecular flexibility index (Phi) is 7.46. The maximum absolute atomic E-state index is 12.9. The fourth-order valence-corrected chi connectivity index (χ4v) is 3.57. The van der Waals surface area contributed by atoms with E-state index in [0.29, 0.717) is 29.0 Å². The molecule has 0 bridgehead atoms. The normalized spacial score (nSPS) is 11.3. The third-order valence-electron chi connectivity index (χ3n) is 4.15. The van der Waals surface area contributed by atoms with Crippen molar-refractivity contribution in [3.63, 3.8) is 0 Å². The van der Waals surface area contributed by atoms with Crippen LogP contribution in [0.5, 0.6) is 5.75 Å². The molecule has 158 valence electrons. The molecule has 2 aromatic carbocycles. The molecule has 0 unspecified atom stereocenters. The van der Waals surface area contributed by atoms with Crippen LogP contribution in [0.15, 0.2) is 54.1 Å². The number of benzene rings is 2. The van der Waals surface area contributed by atoms with E-state index in [0.717, 1.165) is 17.0 Å². The number of aromatic nitrogens is 2. The van der Waals surface area contributed by atoms with Crippen molar-refractivity contribution in [2.45, 2.75) is 26.9 Å². The van der Waals surface area contributed by atoms with Crippen LogP contribution in [0.4, 0.5) is 9.52 Å². The summed E-state index contributed by atoms with van der Waals surface area (Å²) in [5.41, 5.74) is 1.49. The number of halogens is 1. The molecule has 0 aliphatic rings. The number of nitriles is 1. The maximum atomic E-state index is 12.9. The number of hydrogen-bond acceptors (Lipinski definition) is 6. The third-order valence-corrected chi connectivity index (χ3v) is 5.01. The van der Waals surface area contributed by atoms with Crippen LogP contribution >= 0.6 is 11.3 Å². The maximum Gasteiger partial charge on any atom is 0.268 e. The molecular weight excluding hydrogens is 415 g/mol. The quantitative estimate of drug-likeness (QED) is 0.397. The Labute approximate surface area is 184 Å². The summed E-state index contributed by atoms with van der Waals surface area (Å²) in [6.45, 7) is 4.46. The number of nitrogens with zero attached hydrogens (tertiary/aromatic N) is 3. The number of hydrogen-bond donors (Lipinski definition) is 1. The summed E-state index contributed by atoms with van der Waals surface area (Å²) >= 11 is 1.30. The van der Waals surface area contributed by atoms with Crippen LogP contribution < -0.4 is 10.1 Å². The Bertz CT molecular complexity index is 1100. The van der Waals surface area contributed by atoms with Crippen LogP contribution in [0.1, 0.15) is 30.0 Å². The number of ether oxygens (including phenoxy) is 1. The Hall–Kier alpha value is -3.57. The fraction of sp³-hybridized carbons (Fsp3) is 0.217. The lowest BCUT2D eigenvalue weighted by Gasteiger charge is -2.07. The van der Waals surface area contributed by atoms with E-state index in [1.807, 2.05) is 6.07 Å². The van der Waals surface area contributed by atoms with Crippen molar-refractivity contribution < 1.29 is 13.9 Å². The van der Waals surface area contributed by atoms with E-state index in [1.165, 1.54) is 29.5 Å². The van der Waals surface area contributed by atoms with Gasteiger partial charge in [-0.1, -0.05) is 49.4 Å². The number of amides is 1. The highest BCUT2D eigenvalue weighted by Gasteiger charge is 2.13. The molecule has 8 heteroatoms. The van der Waals surface area contributed by atoms with E-state index in [2.05, 4.69) is 29.4 Å². The first-order valence-corrected chi connectivity index (χ1v) is 10.5. The molecule has 1 heterocycles. The highest BCUT2D eigenvalue weighted by molar-refractivity contribution is 7.15.